The van der Waals surface area contributed by atoms with Crippen LogP contribution in [0.1, 0.15) is 43.6 Å². The molecule has 3 rings (SSSR count). The zero-order valence-electron chi connectivity index (χ0n) is 15.2. The third kappa shape index (κ3) is 4.28. The number of hydrogen-bond donors (Lipinski definition) is 1. The van der Waals surface area contributed by atoms with Crippen LogP contribution in [0.3, 0.4) is 0 Å². The highest BCUT2D eigenvalue weighted by Crippen LogP contribution is 2.23. The summed E-state index contributed by atoms with van der Waals surface area (Å²) in [4.78, 5) is 13.9. The van der Waals surface area contributed by atoms with Crippen LogP contribution in [0.5, 0.6) is 0 Å². The smallest absolute Gasteiger partial charge is 0.236 e. The molecule has 25 heavy (non-hydrogen) atoms. The van der Waals surface area contributed by atoms with Crippen LogP contribution in [-0.4, -0.2) is 45.7 Å². The highest BCUT2D eigenvalue weighted by molar-refractivity contribution is 5.77. The summed E-state index contributed by atoms with van der Waals surface area (Å²) in [7, 11) is 1.80. The Bertz CT molecular complexity index is 692. The van der Waals surface area contributed by atoms with Gasteiger partial charge in [0.15, 0.2) is 0 Å². The number of aryl methyl sites for hydroxylation is 1. The molecule has 7 nitrogen and oxygen atoms in total. The van der Waals surface area contributed by atoms with Crippen molar-refractivity contribution in [2.75, 3.05) is 20.1 Å². The van der Waals surface area contributed by atoms with Crippen molar-refractivity contribution in [3.8, 4) is 0 Å². The van der Waals surface area contributed by atoms with E-state index in [0.29, 0.717) is 24.9 Å². The average molecular weight is 345 g/mol. The van der Waals surface area contributed by atoms with Gasteiger partial charge in [-0.15, -0.1) is 10.2 Å². The quantitative estimate of drug-likeness (QED) is 0.828. The van der Waals surface area contributed by atoms with E-state index in [2.05, 4.69) is 33.9 Å². The Morgan fingerprint density at radius 1 is 1.48 bits per heavy atom. The van der Waals surface area contributed by atoms with Gasteiger partial charge in [0.1, 0.15) is 17.4 Å². The summed E-state index contributed by atoms with van der Waals surface area (Å²) in [6, 6.07) is 3.71. The second kappa shape index (κ2) is 7.82. The van der Waals surface area contributed by atoms with Crippen LogP contribution in [0.25, 0.3) is 0 Å². The molecule has 136 valence electrons. The topological polar surface area (TPSA) is 76.2 Å². The second-order valence-electron chi connectivity index (χ2n) is 7.10. The fourth-order valence-corrected chi connectivity index (χ4v) is 3.25. The number of carbonyl (C=O) groups excluding carboxylic acids is 1. The maximum Gasteiger partial charge on any atom is 0.236 e. The van der Waals surface area contributed by atoms with E-state index >= 15 is 0 Å². The second-order valence-corrected chi connectivity index (χ2v) is 7.10. The van der Waals surface area contributed by atoms with Gasteiger partial charge in [-0.05, 0) is 24.5 Å². The molecule has 0 bridgehead atoms. The lowest BCUT2D eigenvalue weighted by Gasteiger charge is -2.25. The van der Waals surface area contributed by atoms with Crippen molar-refractivity contribution in [2.45, 2.75) is 45.7 Å². The van der Waals surface area contributed by atoms with Gasteiger partial charge in [0, 0.05) is 32.5 Å². The van der Waals surface area contributed by atoms with Gasteiger partial charge in [0.25, 0.3) is 0 Å². The highest BCUT2D eigenvalue weighted by Gasteiger charge is 2.24. The van der Waals surface area contributed by atoms with Crippen molar-refractivity contribution in [1.82, 2.24) is 25.0 Å². The van der Waals surface area contributed by atoms with Crippen molar-refractivity contribution < 1.29 is 9.21 Å². The average Bonchev–Trinajstić information content (AvgIpc) is 3.23. The van der Waals surface area contributed by atoms with Crippen LogP contribution < -0.4 is 5.32 Å². The van der Waals surface area contributed by atoms with Gasteiger partial charge >= 0.3 is 0 Å². The van der Waals surface area contributed by atoms with Crippen molar-refractivity contribution in [1.29, 1.82) is 0 Å². The zero-order chi connectivity index (χ0) is 17.8. The molecule has 1 N–H and O–H groups in total. The minimum atomic E-state index is 0.0695. The molecule has 0 unspecified atom stereocenters. The van der Waals surface area contributed by atoms with E-state index in [1.165, 1.54) is 0 Å². The molecule has 1 atom stereocenters. The first kappa shape index (κ1) is 17.7. The first-order valence-electron chi connectivity index (χ1n) is 8.93. The van der Waals surface area contributed by atoms with Gasteiger partial charge in [0.05, 0.1) is 19.4 Å². The fourth-order valence-electron chi connectivity index (χ4n) is 3.25. The number of carbonyl (C=O) groups is 1. The molecule has 0 aromatic carbocycles. The summed E-state index contributed by atoms with van der Waals surface area (Å²) < 4.78 is 7.54. The Morgan fingerprint density at radius 3 is 3.04 bits per heavy atom. The molecule has 0 aliphatic carbocycles. The molecule has 0 saturated heterocycles. The largest absolute Gasteiger partial charge is 0.467 e. The summed E-state index contributed by atoms with van der Waals surface area (Å²) in [5.41, 5.74) is 0. The summed E-state index contributed by atoms with van der Waals surface area (Å²) in [6.45, 7) is 6.90. The molecule has 3 heterocycles. The Hall–Kier alpha value is -2.15. The van der Waals surface area contributed by atoms with Crippen molar-refractivity contribution in [2.24, 2.45) is 5.92 Å². The third-order valence-electron chi connectivity index (χ3n) is 4.70. The minimum Gasteiger partial charge on any atom is -0.467 e. The Labute approximate surface area is 148 Å². The van der Waals surface area contributed by atoms with Gasteiger partial charge in [-0.1, -0.05) is 13.8 Å². The molecule has 0 fully saturated rings. The minimum absolute atomic E-state index is 0.0695. The maximum atomic E-state index is 12.2. The number of furan rings is 1. The van der Waals surface area contributed by atoms with Crippen molar-refractivity contribution >= 4 is 5.91 Å². The number of aromatic nitrogens is 3. The van der Waals surface area contributed by atoms with Crippen LogP contribution in [0.4, 0.5) is 0 Å². The molecule has 0 radical (unpaired) electrons. The molecule has 2 aromatic heterocycles. The summed E-state index contributed by atoms with van der Waals surface area (Å²) in [5, 5.41) is 11.9. The molecule has 1 aliphatic heterocycles. The lowest BCUT2D eigenvalue weighted by Crippen LogP contribution is -2.38. The van der Waals surface area contributed by atoms with E-state index in [-0.39, 0.29) is 5.91 Å². The van der Waals surface area contributed by atoms with Crippen molar-refractivity contribution in [3.63, 3.8) is 0 Å². The van der Waals surface area contributed by atoms with E-state index in [0.717, 1.165) is 43.3 Å². The van der Waals surface area contributed by atoms with Crippen molar-refractivity contribution in [3.05, 3.63) is 35.8 Å². The van der Waals surface area contributed by atoms with Crippen LogP contribution in [0, 0.1) is 5.92 Å². The van der Waals surface area contributed by atoms with Gasteiger partial charge in [-0.3, -0.25) is 4.79 Å². The van der Waals surface area contributed by atoms with Gasteiger partial charge in [0.2, 0.25) is 5.91 Å². The fraction of sp³-hybridized carbons (Fsp3) is 0.611. The van der Waals surface area contributed by atoms with Gasteiger partial charge in [-0.25, -0.2) is 0 Å². The number of rotatable bonds is 7. The molecule has 1 aliphatic rings. The maximum absolute atomic E-state index is 12.2. The van der Waals surface area contributed by atoms with E-state index in [4.69, 9.17) is 4.42 Å². The first-order valence-corrected chi connectivity index (χ1v) is 8.93. The number of hydrogen-bond acceptors (Lipinski definition) is 5. The normalized spacial score (nSPS) is 16.9. The first-order chi connectivity index (χ1) is 12.0. The lowest BCUT2D eigenvalue weighted by atomic mass is 9.98. The lowest BCUT2D eigenvalue weighted by molar-refractivity contribution is -0.129. The Balaban J connectivity index is 1.44. The molecule has 2 aromatic rings. The van der Waals surface area contributed by atoms with E-state index in [1.807, 2.05) is 12.1 Å². The predicted molar refractivity (Wildman–Crippen MR) is 94.0 cm³/mol. The van der Waals surface area contributed by atoms with E-state index < -0.39 is 0 Å². The molecule has 1 amide bonds. The summed E-state index contributed by atoms with van der Waals surface area (Å²) in [6.07, 6.45) is 3.66. The molecular formula is C18H27N5O2. The third-order valence-corrected chi connectivity index (χ3v) is 4.70. The van der Waals surface area contributed by atoms with Gasteiger partial charge < -0.3 is 19.2 Å². The Morgan fingerprint density at radius 2 is 2.32 bits per heavy atom. The number of nitrogens with one attached hydrogen (secondary N) is 1. The standard InChI is InChI=1S/C18H27N5O2/c1-13(2)18-21-20-16-7-6-14(11-23(16)18)9-19-10-17(24)22(3)12-15-5-4-8-25-15/h4-5,8,13-14,19H,6-7,9-12H2,1-3H3/t14-/m0/s1. The van der Waals surface area contributed by atoms with Crippen LogP contribution in [0.15, 0.2) is 22.8 Å². The number of nitrogens with zero attached hydrogens (tertiary/aromatic N) is 4. The van der Waals surface area contributed by atoms with Crippen LogP contribution >= 0.6 is 0 Å². The summed E-state index contributed by atoms with van der Waals surface area (Å²) in [5.74, 6) is 3.90. The molecule has 0 saturated carbocycles. The van der Waals surface area contributed by atoms with E-state index in [1.54, 1.807) is 18.2 Å². The predicted octanol–water partition coefficient (Wildman–Crippen LogP) is 1.81. The Kier molecular flexibility index (Phi) is 5.53. The number of amides is 1. The SMILES string of the molecule is CC(C)c1nnc2n1C[C@H](CNCC(=O)N(C)Cc1ccco1)CC2. The molecule has 7 heteroatoms. The van der Waals surface area contributed by atoms with Gasteiger partial charge in [-0.2, -0.15) is 0 Å². The van der Waals surface area contributed by atoms with E-state index in [9.17, 15) is 4.79 Å². The molecular weight excluding hydrogens is 318 g/mol. The zero-order valence-corrected chi connectivity index (χ0v) is 15.2. The number of fused-ring (bicyclic) bond motifs is 1. The summed E-state index contributed by atoms with van der Waals surface area (Å²) >= 11 is 0. The molecule has 0 spiro atoms. The number of likely N-dealkylation sites (N-methyl/N-ethyl adjacent to an activating group) is 1. The van der Waals surface area contributed by atoms with Crippen LogP contribution in [0.2, 0.25) is 0 Å². The monoisotopic (exact) mass is 345 g/mol. The van der Waals surface area contributed by atoms with Crippen LogP contribution in [-0.2, 0) is 24.3 Å². The highest BCUT2D eigenvalue weighted by atomic mass is 16.3.